The highest BCUT2D eigenvalue weighted by molar-refractivity contribution is 6.30. The maximum absolute atomic E-state index is 12.8. The zero-order chi connectivity index (χ0) is 24.2. The van der Waals surface area contributed by atoms with Crippen LogP contribution in [0.1, 0.15) is 35.6 Å². The van der Waals surface area contributed by atoms with Gasteiger partial charge in [0.25, 0.3) is 5.91 Å². The highest BCUT2D eigenvalue weighted by atomic mass is 35.5. The molecule has 1 aromatic heterocycles. The molecule has 0 fully saturated rings. The summed E-state index contributed by atoms with van der Waals surface area (Å²) in [6.07, 6.45) is 0.800. The first-order valence-electron chi connectivity index (χ1n) is 11.7. The van der Waals surface area contributed by atoms with E-state index in [-0.39, 0.29) is 11.9 Å². The third kappa shape index (κ3) is 5.00. The third-order valence-corrected chi connectivity index (χ3v) is 6.31. The molecule has 5 nitrogen and oxygen atoms in total. The van der Waals surface area contributed by atoms with E-state index in [2.05, 4.69) is 34.1 Å². The Morgan fingerprint density at radius 1 is 0.971 bits per heavy atom. The molecule has 1 amide bonds. The lowest BCUT2D eigenvalue weighted by atomic mass is 10.1. The van der Waals surface area contributed by atoms with E-state index >= 15 is 0 Å². The lowest BCUT2D eigenvalue weighted by Crippen LogP contribution is -2.28. The number of benzene rings is 4. The summed E-state index contributed by atoms with van der Waals surface area (Å²) in [6.45, 7) is 3.26. The highest BCUT2D eigenvalue weighted by Crippen LogP contribution is 2.26. The molecule has 0 radical (unpaired) electrons. The zero-order valence-corrected chi connectivity index (χ0v) is 20.2. The highest BCUT2D eigenvalue weighted by Gasteiger charge is 2.19. The number of imidazole rings is 1. The van der Waals surface area contributed by atoms with Gasteiger partial charge in [-0.05, 0) is 61.2 Å². The van der Waals surface area contributed by atoms with Crippen LogP contribution in [0, 0.1) is 0 Å². The topological polar surface area (TPSA) is 56.2 Å². The second-order valence-electron chi connectivity index (χ2n) is 8.49. The molecule has 0 aliphatic heterocycles. The van der Waals surface area contributed by atoms with Gasteiger partial charge in [-0.25, -0.2) is 4.98 Å². The fraction of sp³-hybridized carbons (Fsp3) is 0.172. The minimum absolute atomic E-state index is 0.160. The quantitative estimate of drug-likeness (QED) is 0.247. The Morgan fingerprint density at radius 2 is 1.71 bits per heavy atom. The fourth-order valence-corrected chi connectivity index (χ4v) is 4.46. The van der Waals surface area contributed by atoms with Gasteiger partial charge in [0.05, 0.1) is 23.7 Å². The maximum atomic E-state index is 12.8. The van der Waals surface area contributed by atoms with Crippen LogP contribution in [-0.4, -0.2) is 22.1 Å². The van der Waals surface area contributed by atoms with Crippen LogP contribution in [0.4, 0.5) is 0 Å². The molecule has 1 unspecified atom stereocenters. The number of ether oxygens (including phenoxy) is 1. The summed E-state index contributed by atoms with van der Waals surface area (Å²) in [6, 6.07) is 29.0. The number of amides is 1. The number of halogens is 1. The number of aromatic nitrogens is 2. The molecule has 0 saturated heterocycles. The van der Waals surface area contributed by atoms with Gasteiger partial charge in [0.2, 0.25) is 0 Å². The Labute approximate surface area is 209 Å². The van der Waals surface area contributed by atoms with E-state index in [0.717, 1.165) is 46.3 Å². The van der Waals surface area contributed by atoms with Crippen molar-refractivity contribution in [3.8, 4) is 5.75 Å². The molecule has 176 valence electrons. The standard InChI is InChI=1S/C29H26ClN3O2/c1-20(31-29(34)22-14-16-23(30)17-15-22)28-32-25-11-4-5-12-26(25)33(28)18-7-19-35-27-13-6-9-21-8-2-3-10-24(21)27/h2-6,8-17,20H,7,18-19H2,1H3,(H,31,34). The van der Waals surface area contributed by atoms with E-state index in [0.29, 0.717) is 17.2 Å². The van der Waals surface area contributed by atoms with E-state index in [1.807, 2.05) is 49.4 Å². The van der Waals surface area contributed by atoms with Gasteiger partial charge in [-0.2, -0.15) is 0 Å². The molecule has 5 aromatic rings. The largest absolute Gasteiger partial charge is 0.493 e. The number of nitrogens with zero attached hydrogens (tertiary/aromatic N) is 2. The van der Waals surface area contributed by atoms with Gasteiger partial charge in [-0.1, -0.05) is 60.1 Å². The molecule has 1 N–H and O–H groups in total. The van der Waals surface area contributed by atoms with E-state index in [1.54, 1.807) is 24.3 Å². The summed E-state index contributed by atoms with van der Waals surface area (Å²) in [4.78, 5) is 17.6. The second-order valence-corrected chi connectivity index (χ2v) is 8.93. The number of fused-ring (bicyclic) bond motifs is 2. The number of nitrogens with one attached hydrogen (secondary N) is 1. The van der Waals surface area contributed by atoms with Crippen molar-refractivity contribution < 1.29 is 9.53 Å². The molecule has 6 heteroatoms. The molecule has 0 spiro atoms. The minimum atomic E-state index is -0.274. The summed E-state index contributed by atoms with van der Waals surface area (Å²) >= 11 is 5.96. The molecule has 0 aliphatic carbocycles. The Balaban J connectivity index is 1.31. The van der Waals surface area contributed by atoms with Crippen molar-refractivity contribution in [1.29, 1.82) is 0 Å². The van der Waals surface area contributed by atoms with Crippen molar-refractivity contribution in [3.05, 3.63) is 107 Å². The normalized spacial score (nSPS) is 12.1. The van der Waals surface area contributed by atoms with Crippen LogP contribution >= 0.6 is 11.6 Å². The summed E-state index contributed by atoms with van der Waals surface area (Å²) in [7, 11) is 0. The average Bonchev–Trinajstić information content (AvgIpc) is 3.26. The SMILES string of the molecule is CC(NC(=O)c1ccc(Cl)cc1)c1nc2ccccc2n1CCCOc1cccc2ccccc12. The van der Waals surface area contributed by atoms with Crippen LogP contribution in [0.15, 0.2) is 91.0 Å². The lowest BCUT2D eigenvalue weighted by molar-refractivity contribution is 0.0937. The first kappa shape index (κ1) is 22.9. The monoisotopic (exact) mass is 483 g/mol. The Hall–Kier alpha value is -3.83. The number of rotatable bonds is 8. The molecule has 1 heterocycles. The van der Waals surface area contributed by atoms with E-state index < -0.39 is 0 Å². The summed E-state index contributed by atoms with van der Waals surface area (Å²) < 4.78 is 8.32. The first-order chi connectivity index (χ1) is 17.1. The third-order valence-electron chi connectivity index (χ3n) is 6.06. The predicted octanol–water partition coefficient (Wildman–Crippen LogP) is 6.80. The van der Waals surface area contributed by atoms with Crippen molar-refractivity contribution in [3.63, 3.8) is 0 Å². The number of hydrogen-bond acceptors (Lipinski definition) is 3. The number of hydrogen-bond donors (Lipinski definition) is 1. The minimum Gasteiger partial charge on any atom is -0.493 e. The van der Waals surface area contributed by atoms with Crippen molar-refractivity contribution in [2.45, 2.75) is 25.9 Å². The van der Waals surface area contributed by atoms with Crippen molar-refractivity contribution in [1.82, 2.24) is 14.9 Å². The molecule has 0 aliphatic rings. The fourth-order valence-electron chi connectivity index (χ4n) is 4.33. The molecule has 35 heavy (non-hydrogen) atoms. The average molecular weight is 484 g/mol. The van der Waals surface area contributed by atoms with Crippen LogP contribution in [0.5, 0.6) is 5.75 Å². The summed E-state index contributed by atoms with van der Waals surface area (Å²) in [5, 5.41) is 5.95. The molecular formula is C29H26ClN3O2. The number of para-hydroxylation sites is 2. The van der Waals surface area contributed by atoms with Crippen LogP contribution < -0.4 is 10.1 Å². The Kier molecular flexibility index (Phi) is 6.68. The van der Waals surface area contributed by atoms with Crippen molar-refractivity contribution in [2.24, 2.45) is 0 Å². The van der Waals surface area contributed by atoms with Crippen molar-refractivity contribution >= 4 is 39.3 Å². The van der Waals surface area contributed by atoms with Gasteiger partial charge in [0.15, 0.2) is 0 Å². The molecule has 5 rings (SSSR count). The van der Waals surface area contributed by atoms with E-state index in [9.17, 15) is 4.79 Å². The summed E-state index contributed by atoms with van der Waals surface area (Å²) in [5.74, 6) is 1.55. The van der Waals surface area contributed by atoms with Gasteiger partial charge >= 0.3 is 0 Å². The molecular weight excluding hydrogens is 458 g/mol. The lowest BCUT2D eigenvalue weighted by Gasteiger charge is -2.17. The van der Waals surface area contributed by atoms with Gasteiger partial charge in [-0.15, -0.1) is 0 Å². The van der Waals surface area contributed by atoms with Crippen LogP contribution in [-0.2, 0) is 6.54 Å². The Bertz CT molecular complexity index is 1470. The van der Waals surface area contributed by atoms with E-state index in [1.165, 1.54) is 0 Å². The molecule has 0 saturated carbocycles. The van der Waals surface area contributed by atoms with E-state index in [4.69, 9.17) is 21.3 Å². The number of carbonyl (C=O) groups is 1. The molecule has 0 bridgehead atoms. The predicted molar refractivity (Wildman–Crippen MR) is 141 cm³/mol. The van der Waals surface area contributed by atoms with Gasteiger partial charge in [0, 0.05) is 22.5 Å². The van der Waals surface area contributed by atoms with Gasteiger partial charge in [-0.3, -0.25) is 4.79 Å². The first-order valence-corrected chi connectivity index (χ1v) is 12.1. The van der Waals surface area contributed by atoms with Crippen LogP contribution in [0.25, 0.3) is 21.8 Å². The molecule has 1 atom stereocenters. The second kappa shape index (κ2) is 10.2. The van der Waals surface area contributed by atoms with Gasteiger partial charge < -0.3 is 14.6 Å². The molecule has 4 aromatic carbocycles. The Morgan fingerprint density at radius 3 is 2.57 bits per heavy atom. The van der Waals surface area contributed by atoms with Crippen molar-refractivity contribution in [2.75, 3.05) is 6.61 Å². The van der Waals surface area contributed by atoms with Crippen LogP contribution in [0.2, 0.25) is 5.02 Å². The van der Waals surface area contributed by atoms with Crippen LogP contribution in [0.3, 0.4) is 0 Å². The smallest absolute Gasteiger partial charge is 0.251 e. The summed E-state index contributed by atoms with van der Waals surface area (Å²) in [5.41, 5.74) is 2.51. The number of aryl methyl sites for hydroxylation is 1. The maximum Gasteiger partial charge on any atom is 0.251 e. The van der Waals surface area contributed by atoms with Gasteiger partial charge in [0.1, 0.15) is 11.6 Å². The zero-order valence-electron chi connectivity index (χ0n) is 19.4. The number of carbonyl (C=O) groups excluding carboxylic acids is 1.